The fraction of sp³-hybridized carbons (Fsp3) is 0.750. The maximum Gasteiger partial charge on any atom is 0.344 e. The SMILES string of the molecule is O=P(O)(O)CCCCC(F)(F)n1cc(CO)nn1. The lowest BCUT2D eigenvalue weighted by atomic mass is 10.2. The number of alkyl halides is 2. The number of aliphatic hydroxyl groups excluding tert-OH is 1. The van der Waals surface area contributed by atoms with Crippen molar-refractivity contribution >= 4 is 7.60 Å². The Hall–Kier alpha value is -0.890. The van der Waals surface area contributed by atoms with Gasteiger partial charge in [0.2, 0.25) is 0 Å². The fourth-order valence-electron chi connectivity index (χ4n) is 1.30. The number of hydrogen-bond acceptors (Lipinski definition) is 4. The molecule has 18 heavy (non-hydrogen) atoms. The van der Waals surface area contributed by atoms with Gasteiger partial charge in [-0.05, 0) is 12.8 Å². The predicted octanol–water partition coefficient (Wildman–Crippen LogP) is 0.668. The first-order valence-electron chi connectivity index (χ1n) is 5.19. The highest BCUT2D eigenvalue weighted by Gasteiger charge is 2.32. The summed E-state index contributed by atoms with van der Waals surface area (Å²) in [6, 6.07) is -3.28. The molecule has 0 aliphatic carbocycles. The molecule has 3 N–H and O–H groups in total. The molecule has 1 aromatic rings. The van der Waals surface area contributed by atoms with Gasteiger partial charge in [-0.2, -0.15) is 13.5 Å². The van der Waals surface area contributed by atoms with Crippen molar-refractivity contribution in [3.8, 4) is 0 Å². The van der Waals surface area contributed by atoms with Crippen LogP contribution in [-0.2, 0) is 17.2 Å². The van der Waals surface area contributed by atoms with Crippen LogP contribution in [0.1, 0.15) is 25.0 Å². The molecule has 0 aromatic carbocycles. The lowest BCUT2D eigenvalue weighted by Gasteiger charge is -2.15. The second kappa shape index (κ2) is 5.83. The highest BCUT2D eigenvalue weighted by molar-refractivity contribution is 7.51. The summed E-state index contributed by atoms with van der Waals surface area (Å²) in [6.07, 6.45) is -0.125. The van der Waals surface area contributed by atoms with Crippen molar-refractivity contribution in [1.82, 2.24) is 15.0 Å². The third-order valence-corrected chi connectivity index (χ3v) is 3.11. The van der Waals surface area contributed by atoms with Gasteiger partial charge in [-0.25, -0.2) is 0 Å². The van der Waals surface area contributed by atoms with Crippen LogP contribution in [0.3, 0.4) is 0 Å². The Bertz CT molecular complexity index is 434. The van der Waals surface area contributed by atoms with Gasteiger partial charge in [-0.15, -0.1) is 5.10 Å². The summed E-state index contributed by atoms with van der Waals surface area (Å²) in [5.41, 5.74) is 0.0323. The molecular formula is C8H14F2N3O4P. The lowest BCUT2D eigenvalue weighted by Crippen LogP contribution is -2.23. The molecule has 0 unspecified atom stereocenters. The fourth-order valence-corrected chi connectivity index (χ4v) is 1.94. The van der Waals surface area contributed by atoms with Crippen LogP contribution in [-0.4, -0.2) is 36.0 Å². The van der Waals surface area contributed by atoms with E-state index in [9.17, 15) is 13.3 Å². The van der Waals surface area contributed by atoms with E-state index in [1.165, 1.54) is 0 Å². The normalized spacial score (nSPS) is 12.9. The number of aliphatic hydroxyl groups is 1. The Morgan fingerprint density at radius 1 is 1.39 bits per heavy atom. The van der Waals surface area contributed by atoms with Crippen molar-refractivity contribution in [2.24, 2.45) is 0 Å². The van der Waals surface area contributed by atoms with Crippen molar-refractivity contribution < 1.29 is 28.2 Å². The molecule has 0 radical (unpaired) electrons. The zero-order valence-corrected chi connectivity index (χ0v) is 10.3. The van der Waals surface area contributed by atoms with Crippen molar-refractivity contribution in [3.05, 3.63) is 11.9 Å². The average molecular weight is 285 g/mol. The van der Waals surface area contributed by atoms with E-state index in [0.717, 1.165) is 6.20 Å². The average Bonchev–Trinajstić information content (AvgIpc) is 2.72. The summed E-state index contributed by atoms with van der Waals surface area (Å²) < 4.78 is 37.9. The first-order chi connectivity index (χ1) is 8.24. The van der Waals surface area contributed by atoms with Crippen LogP contribution in [0.15, 0.2) is 6.20 Å². The zero-order chi connectivity index (χ0) is 13.8. The van der Waals surface area contributed by atoms with Gasteiger partial charge < -0.3 is 14.9 Å². The highest BCUT2D eigenvalue weighted by atomic mass is 31.2. The van der Waals surface area contributed by atoms with Crippen molar-refractivity contribution in [2.45, 2.75) is 31.9 Å². The Morgan fingerprint density at radius 3 is 2.56 bits per heavy atom. The van der Waals surface area contributed by atoms with Crippen LogP contribution in [0.5, 0.6) is 0 Å². The van der Waals surface area contributed by atoms with Gasteiger partial charge in [0, 0.05) is 12.6 Å². The van der Waals surface area contributed by atoms with E-state index in [4.69, 9.17) is 14.9 Å². The maximum atomic E-state index is 13.5. The molecule has 104 valence electrons. The Labute approximate surface area is 102 Å². The summed E-state index contributed by atoms with van der Waals surface area (Å²) in [6.45, 7) is -0.478. The van der Waals surface area contributed by atoms with E-state index < -0.39 is 32.8 Å². The molecule has 0 aliphatic rings. The molecule has 7 nitrogen and oxygen atoms in total. The van der Waals surface area contributed by atoms with E-state index in [1.807, 2.05) is 0 Å². The monoisotopic (exact) mass is 285 g/mol. The Balaban J connectivity index is 2.47. The standard InChI is InChI=1S/C8H14F2N3O4P/c9-8(10,3-1-2-4-18(15,16)17)13-5-7(6-14)11-12-13/h5,14H,1-4,6H2,(H2,15,16,17). The zero-order valence-electron chi connectivity index (χ0n) is 9.41. The number of nitrogens with zero attached hydrogens (tertiary/aromatic N) is 3. The van der Waals surface area contributed by atoms with E-state index in [-0.39, 0.29) is 18.5 Å². The highest BCUT2D eigenvalue weighted by Crippen LogP contribution is 2.36. The molecule has 0 bridgehead atoms. The lowest BCUT2D eigenvalue weighted by molar-refractivity contribution is -0.102. The Morgan fingerprint density at radius 2 is 2.06 bits per heavy atom. The minimum absolute atomic E-state index is 0.00141. The van der Waals surface area contributed by atoms with E-state index in [2.05, 4.69) is 10.3 Å². The first kappa shape index (κ1) is 15.2. The third kappa shape index (κ3) is 4.77. The largest absolute Gasteiger partial charge is 0.390 e. The van der Waals surface area contributed by atoms with Crippen LogP contribution in [0, 0.1) is 0 Å². The second-order valence-corrected chi connectivity index (χ2v) is 5.60. The number of hydrogen-bond donors (Lipinski definition) is 3. The van der Waals surface area contributed by atoms with Crippen LogP contribution >= 0.6 is 7.60 Å². The predicted molar refractivity (Wildman–Crippen MR) is 56.9 cm³/mol. The van der Waals surface area contributed by atoms with Crippen molar-refractivity contribution in [3.63, 3.8) is 0 Å². The minimum atomic E-state index is -4.13. The molecule has 0 saturated carbocycles. The Kier molecular flexibility index (Phi) is 4.92. The van der Waals surface area contributed by atoms with Crippen molar-refractivity contribution in [2.75, 3.05) is 6.16 Å². The first-order valence-corrected chi connectivity index (χ1v) is 6.99. The summed E-state index contributed by atoms with van der Waals surface area (Å²) >= 11 is 0. The molecule has 0 amide bonds. The number of unbranched alkanes of at least 4 members (excludes halogenated alkanes) is 1. The van der Waals surface area contributed by atoms with E-state index in [1.54, 1.807) is 0 Å². The summed E-state index contributed by atoms with van der Waals surface area (Å²) in [5.74, 6) is 0. The van der Waals surface area contributed by atoms with Crippen molar-refractivity contribution in [1.29, 1.82) is 0 Å². The quantitative estimate of drug-likeness (QED) is 0.502. The third-order valence-electron chi connectivity index (χ3n) is 2.21. The van der Waals surface area contributed by atoms with Crippen LogP contribution in [0.2, 0.25) is 0 Å². The van der Waals surface area contributed by atoms with Gasteiger partial charge in [0.05, 0.1) is 12.8 Å². The molecule has 0 saturated heterocycles. The van der Waals surface area contributed by atoms with E-state index >= 15 is 0 Å². The van der Waals surface area contributed by atoms with Crippen LogP contribution < -0.4 is 0 Å². The van der Waals surface area contributed by atoms with Gasteiger partial charge in [0.1, 0.15) is 5.69 Å². The molecular weight excluding hydrogens is 271 g/mol. The molecule has 0 atom stereocenters. The number of rotatable bonds is 7. The molecule has 0 spiro atoms. The van der Waals surface area contributed by atoms with Crippen LogP contribution in [0.25, 0.3) is 0 Å². The maximum absolute atomic E-state index is 13.5. The molecule has 1 rings (SSSR count). The topological polar surface area (TPSA) is 108 Å². The van der Waals surface area contributed by atoms with Gasteiger partial charge >= 0.3 is 13.6 Å². The van der Waals surface area contributed by atoms with Crippen LogP contribution in [0.4, 0.5) is 8.78 Å². The summed E-state index contributed by atoms with van der Waals surface area (Å²) in [7, 11) is -4.13. The summed E-state index contributed by atoms with van der Waals surface area (Å²) in [4.78, 5) is 17.1. The number of halogens is 2. The van der Waals surface area contributed by atoms with Gasteiger partial charge in [-0.1, -0.05) is 5.21 Å². The molecule has 0 fully saturated rings. The molecule has 1 aromatic heterocycles. The smallest absolute Gasteiger partial charge is 0.344 e. The summed E-state index contributed by atoms with van der Waals surface area (Å²) in [5, 5.41) is 15.2. The molecule has 10 heteroatoms. The molecule has 1 heterocycles. The second-order valence-electron chi connectivity index (χ2n) is 3.82. The number of aromatic nitrogens is 3. The van der Waals surface area contributed by atoms with Gasteiger partial charge in [0.15, 0.2) is 0 Å². The molecule has 0 aliphatic heterocycles. The minimum Gasteiger partial charge on any atom is -0.390 e. The van der Waals surface area contributed by atoms with E-state index in [0.29, 0.717) is 4.68 Å². The van der Waals surface area contributed by atoms with Gasteiger partial charge in [0.25, 0.3) is 0 Å². The van der Waals surface area contributed by atoms with Gasteiger partial charge in [-0.3, -0.25) is 4.57 Å².